The summed E-state index contributed by atoms with van der Waals surface area (Å²) in [6, 6.07) is 12.5. The monoisotopic (exact) mass is 361 g/mol. The van der Waals surface area contributed by atoms with Gasteiger partial charge >= 0.3 is 0 Å². The maximum atomic E-state index is 14.6. The normalized spacial score (nSPS) is 13.3. The van der Waals surface area contributed by atoms with E-state index in [0.717, 1.165) is 53.2 Å². The Balaban J connectivity index is 1.78. The topological polar surface area (TPSA) is 30.7 Å². The molecule has 2 aromatic carbocycles. The van der Waals surface area contributed by atoms with E-state index in [1.807, 2.05) is 28.9 Å². The highest BCUT2D eigenvalue weighted by Gasteiger charge is 2.26. The molecule has 0 saturated carbocycles. The Hall–Kier alpha value is -3.08. The Morgan fingerprint density at radius 2 is 1.93 bits per heavy atom. The Morgan fingerprint density at radius 3 is 2.81 bits per heavy atom. The van der Waals surface area contributed by atoms with E-state index in [0.29, 0.717) is 16.8 Å². The van der Waals surface area contributed by atoms with Crippen molar-refractivity contribution in [3.8, 4) is 22.4 Å². The lowest BCUT2D eigenvalue weighted by Crippen LogP contribution is -1.96. The van der Waals surface area contributed by atoms with Crippen molar-refractivity contribution >= 4 is 10.9 Å². The quantitative estimate of drug-likeness (QED) is 0.485. The molecule has 0 amide bonds. The molecule has 0 bridgehead atoms. The highest BCUT2D eigenvalue weighted by atomic mass is 19.1. The van der Waals surface area contributed by atoms with Gasteiger partial charge in [-0.25, -0.2) is 8.78 Å². The Kier molecular flexibility index (Phi) is 3.57. The molecule has 2 aromatic heterocycles. The standard InChI is InChI=1S/C22H17F2N3/c1-13-10-16(18(24)12-17(13)23)22-21(20-5-3-9-27(20)26-22)15-6-7-19-14(11-15)4-2-8-25-19/h2,4,6-8,10-12H,3,5,9H2,1H3. The zero-order valence-corrected chi connectivity index (χ0v) is 14.8. The number of rotatable bonds is 2. The summed E-state index contributed by atoms with van der Waals surface area (Å²) in [6.07, 6.45) is 3.69. The van der Waals surface area contributed by atoms with Crippen LogP contribution in [0.2, 0.25) is 0 Å². The van der Waals surface area contributed by atoms with E-state index in [1.165, 1.54) is 0 Å². The van der Waals surface area contributed by atoms with Gasteiger partial charge in [0.15, 0.2) is 0 Å². The van der Waals surface area contributed by atoms with Crippen molar-refractivity contribution in [2.45, 2.75) is 26.3 Å². The maximum Gasteiger partial charge on any atom is 0.135 e. The van der Waals surface area contributed by atoms with Gasteiger partial charge in [-0.05, 0) is 55.2 Å². The molecule has 5 rings (SSSR count). The Labute approximate surface area is 155 Å². The Morgan fingerprint density at radius 1 is 1.04 bits per heavy atom. The van der Waals surface area contributed by atoms with Crippen molar-refractivity contribution in [1.29, 1.82) is 0 Å². The van der Waals surface area contributed by atoms with Gasteiger partial charge < -0.3 is 0 Å². The van der Waals surface area contributed by atoms with E-state index in [1.54, 1.807) is 19.2 Å². The van der Waals surface area contributed by atoms with Crippen molar-refractivity contribution in [2.24, 2.45) is 0 Å². The molecule has 0 radical (unpaired) electrons. The molecule has 1 aliphatic heterocycles. The van der Waals surface area contributed by atoms with E-state index in [2.05, 4.69) is 16.1 Å². The first-order chi connectivity index (χ1) is 13.1. The van der Waals surface area contributed by atoms with Crippen LogP contribution in [0, 0.1) is 18.6 Å². The van der Waals surface area contributed by atoms with Gasteiger partial charge in [0.25, 0.3) is 0 Å². The molecule has 0 saturated heterocycles. The molecule has 1 aliphatic rings. The molecule has 0 unspecified atom stereocenters. The van der Waals surface area contributed by atoms with E-state index in [9.17, 15) is 8.78 Å². The fourth-order valence-corrected chi connectivity index (χ4v) is 3.89. The van der Waals surface area contributed by atoms with Crippen LogP contribution in [0.25, 0.3) is 33.3 Å². The number of nitrogens with zero attached hydrogens (tertiary/aromatic N) is 3. The van der Waals surface area contributed by atoms with E-state index < -0.39 is 11.6 Å². The third kappa shape index (κ3) is 2.53. The first-order valence-electron chi connectivity index (χ1n) is 9.02. The molecule has 0 fully saturated rings. The molecule has 0 spiro atoms. The molecular formula is C22H17F2N3. The Bertz CT molecular complexity index is 1190. The van der Waals surface area contributed by atoms with Crippen molar-refractivity contribution in [3.05, 3.63) is 71.6 Å². The summed E-state index contributed by atoms with van der Waals surface area (Å²) in [6.45, 7) is 2.46. The number of fused-ring (bicyclic) bond motifs is 2. The average molecular weight is 361 g/mol. The number of halogens is 2. The highest BCUT2D eigenvalue weighted by Crippen LogP contribution is 2.39. The lowest BCUT2D eigenvalue weighted by Gasteiger charge is -2.09. The van der Waals surface area contributed by atoms with Crippen LogP contribution < -0.4 is 0 Å². The van der Waals surface area contributed by atoms with Crippen LogP contribution in [0.4, 0.5) is 8.78 Å². The minimum atomic E-state index is -0.585. The number of hydrogen-bond donors (Lipinski definition) is 0. The summed E-state index contributed by atoms with van der Waals surface area (Å²) in [7, 11) is 0. The molecule has 5 heteroatoms. The molecule has 3 nitrogen and oxygen atoms in total. The summed E-state index contributed by atoms with van der Waals surface area (Å²) in [5.41, 5.74) is 5.27. The van der Waals surface area contributed by atoms with E-state index in [4.69, 9.17) is 0 Å². The van der Waals surface area contributed by atoms with Gasteiger partial charge in [0.1, 0.15) is 17.3 Å². The number of benzene rings is 2. The SMILES string of the molecule is Cc1cc(-c2nn3c(c2-c2ccc4ncccc4c2)CCC3)c(F)cc1F. The van der Waals surface area contributed by atoms with Crippen molar-refractivity contribution in [3.63, 3.8) is 0 Å². The smallest absolute Gasteiger partial charge is 0.135 e. The predicted octanol–water partition coefficient (Wildman–Crippen LogP) is 5.30. The zero-order chi connectivity index (χ0) is 18.5. The minimum absolute atomic E-state index is 0.345. The lowest BCUT2D eigenvalue weighted by atomic mass is 9.95. The first kappa shape index (κ1) is 16.1. The van der Waals surface area contributed by atoms with Gasteiger partial charge in [0, 0.05) is 41.0 Å². The van der Waals surface area contributed by atoms with Crippen LogP contribution >= 0.6 is 0 Å². The van der Waals surface area contributed by atoms with E-state index in [-0.39, 0.29) is 0 Å². The predicted molar refractivity (Wildman–Crippen MR) is 101 cm³/mol. The number of pyridine rings is 1. The third-order valence-electron chi connectivity index (χ3n) is 5.24. The lowest BCUT2D eigenvalue weighted by molar-refractivity contribution is 0.578. The largest absolute Gasteiger partial charge is 0.268 e. The fourth-order valence-electron chi connectivity index (χ4n) is 3.89. The number of aromatic nitrogens is 3. The first-order valence-corrected chi connectivity index (χ1v) is 9.02. The van der Waals surface area contributed by atoms with Gasteiger partial charge in [-0.1, -0.05) is 12.1 Å². The van der Waals surface area contributed by atoms with Crippen LogP contribution in [-0.2, 0) is 13.0 Å². The van der Waals surface area contributed by atoms with Crippen LogP contribution in [0.15, 0.2) is 48.7 Å². The van der Waals surface area contributed by atoms with Crippen LogP contribution in [0.1, 0.15) is 17.7 Å². The highest BCUT2D eigenvalue weighted by molar-refractivity contribution is 5.90. The summed E-state index contributed by atoms with van der Waals surface area (Å²) in [4.78, 5) is 4.37. The maximum absolute atomic E-state index is 14.6. The summed E-state index contributed by atoms with van der Waals surface area (Å²) in [5, 5.41) is 5.71. The van der Waals surface area contributed by atoms with Crippen molar-refractivity contribution in [1.82, 2.24) is 14.8 Å². The third-order valence-corrected chi connectivity index (χ3v) is 5.24. The van der Waals surface area contributed by atoms with Crippen molar-refractivity contribution in [2.75, 3.05) is 0 Å². The molecule has 0 N–H and O–H groups in total. The molecule has 0 atom stereocenters. The molecule has 3 heterocycles. The van der Waals surface area contributed by atoms with Gasteiger partial charge in [0.05, 0.1) is 5.52 Å². The van der Waals surface area contributed by atoms with Gasteiger partial charge in [-0.15, -0.1) is 0 Å². The second-order valence-corrected chi connectivity index (χ2v) is 6.99. The van der Waals surface area contributed by atoms with Crippen molar-refractivity contribution < 1.29 is 8.78 Å². The molecular weight excluding hydrogens is 344 g/mol. The molecule has 27 heavy (non-hydrogen) atoms. The van der Waals surface area contributed by atoms with E-state index >= 15 is 0 Å². The summed E-state index contributed by atoms with van der Waals surface area (Å²) >= 11 is 0. The summed E-state index contributed by atoms with van der Waals surface area (Å²) < 4.78 is 30.3. The van der Waals surface area contributed by atoms with Gasteiger partial charge in [-0.2, -0.15) is 5.10 Å². The van der Waals surface area contributed by atoms with Crippen LogP contribution in [0.3, 0.4) is 0 Å². The molecule has 4 aromatic rings. The summed E-state index contributed by atoms with van der Waals surface area (Å²) in [5.74, 6) is -1.13. The van der Waals surface area contributed by atoms with Gasteiger partial charge in [0.2, 0.25) is 0 Å². The second kappa shape index (κ2) is 5.98. The second-order valence-electron chi connectivity index (χ2n) is 6.99. The van der Waals surface area contributed by atoms with Crippen LogP contribution in [0.5, 0.6) is 0 Å². The molecule has 134 valence electrons. The average Bonchev–Trinajstić information content (AvgIpc) is 3.25. The number of hydrogen-bond acceptors (Lipinski definition) is 2. The van der Waals surface area contributed by atoms with Gasteiger partial charge in [-0.3, -0.25) is 9.67 Å². The fraction of sp³-hybridized carbons (Fsp3) is 0.182. The van der Waals surface area contributed by atoms with Crippen LogP contribution in [-0.4, -0.2) is 14.8 Å². The molecule has 0 aliphatic carbocycles. The zero-order valence-electron chi connectivity index (χ0n) is 14.8. The minimum Gasteiger partial charge on any atom is -0.268 e. The number of aryl methyl sites for hydroxylation is 2.